The lowest BCUT2D eigenvalue weighted by atomic mass is 9.78. The number of amides is 1. The Balaban J connectivity index is 1.06. The minimum Gasteiger partial charge on any atom is -0.489 e. The molecule has 6 nitrogen and oxygen atoms in total. The summed E-state index contributed by atoms with van der Waals surface area (Å²) in [7, 11) is 1.93. The second kappa shape index (κ2) is 10.3. The molecule has 37 heavy (non-hydrogen) atoms. The van der Waals surface area contributed by atoms with E-state index in [0.717, 1.165) is 46.9 Å². The number of carbonyl (C=O) groups excluding carboxylic acids is 1. The molecule has 0 aliphatic carbocycles. The van der Waals surface area contributed by atoms with E-state index < -0.39 is 0 Å². The predicted octanol–water partition coefficient (Wildman–Crippen LogP) is 5.65. The van der Waals surface area contributed by atoms with Crippen molar-refractivity contribution in [1.82, 2.24) is 14.8 Å². The van der Waals surface area contributed by atoms with Gasteiger partial charge >= 0.3 is 0 Å². The second-order valence-corrected chi connectivity index (χ2v) is 11.5. The van der Waals surface area contributed by atoms with Crippen molar-refractivity contribution in [2.24, 2.45) is 12.5 Å². The summed E-state index contributed by atoms with van der Waals surface area (Å²) < 4.78 is 9.17. The third-order valence-corrected chi connectivity index (χ3v) is 8.92. The number of nitrogens with zero attached hydrogens (tertiary/aromatic N) is 2. The maximum Gasteiger partial charge on any atom is 0.272 e. The van der Waals surface area contributed by atoms with Gasteiger partial charge in [0.05, 0.1) is 10.2 Å². The molecule has 1 spiro atoms. The van der Waals surface area contributed by atoms with Crippen LogP contribution in [0.25, 0.3) is 10.2 Å². The summed E-state index contributed by atoms with van der Waals surface area (Å²) in [5.41, 5.74) is 5.30. The molecule has 0 radical (unpaired) electrons. The fourth-order valence-electron chi connectivity index (χ4n) is 5.86. The van der Waals surface area contributed by atoms with E-state index >= 15 is 0 Å². The van der Waals surface area contributed by atoms with Crippen molar-refractivity contribution in [2.45, 2.75) is 32.4 Å². The smallest absolute Gasteiger partial charge is 0.272 e. The number of nitrogens with one attached hydrogen (secondary N) is 2. The Kier molecular flexibility index (Phi) is 6.76. The van der Waals surface area contributed by atoms with Crippen LogP contribution in [-0.4, -0.2) is 41.6 Å². The van der Waals surface area contributed by atoms with Gasteiger partial charge in [0.1, 0.15) is 18.1 Å². The molecule has 2 aromatic carbocycles. The standard InChI is InChI=1S/C30H34N4O2S/c1-33-26-10-17-37-28(26)18-27(33)29(35)32-25-5-3-2-4-23(25)20-36-24-8-6-22(7-9-24)19-34-16-13-30(21-34)11-14-31-15-12-30/h2-10,17-18,31H,11-16,19-21H2,1H3,(H,32,35). The normalized spacial score (nSPS) is 17.4. The number of anilines is 1. The Bertz CT molecular complexity index is 1380. The number of hydrogen-bond acceptors (Lipinski definition) is 5. The Hall–Kier alpha value is -3.13. The van der Waals surface area contributed by atoms with Crippen molar-refractivity contribution in [3.05, 3.63) is 82.9 Å². The molecular weight excluding hydrogens is 480 g/mol. The number of benzene rings is 2. The second-order valence-electron chi connectivity index (χ2n) is 10.5. The van der Waals surface area contributed by atoms with Crippen molar-refractivity contribution >= 4 is 33.1 Å². The number of hydrogen-bond donors (Lipinski definition) is 2. The van der Waals surface area contributed by atoms with E-state index in [0.29, 0.717) is 17.7 Å². The minimum absolute atomic E-state index is 0.115. The molecular formula is C30H34N4O2S. The molecule has 2 saturated heterocycles. The predicted molar refractivity (Wildman–Crippen MR) is 150 cm³/mol. The summed E-state index contributed by atoms with van der Waals surface area (Å²) in [4.78, 5) is 15.6. The van der Waals surface area contributed by atoms with Gasteiger partial charge in [-0.15, -0.1) is 11.3 Å². The maximum absolute atomic E-state index is 13.0. The Labute approximate surface area is 222 Å². The van der Waals surface area contributed by atoms with Crippen LogP contribution in [0.2, 0.25) is 0 Å². The summed E-state index contributed by atoms with van der Waals surface area (Å²) in [5.74, 6) is 0.722. The Morgan fingerprint density at radius 3 is 2.70 bits per heavy atom. The molecule has 2 fully saturated rings. The molecule has 0 saturated carbocycles. The fraction of sp³-hybridized carbons (Fsp3) is 0.367. The lowest BCUT2D eigenvalue weighted by molar-refractivity contribution is 0.101. The Morgan fingerprint density at radius 1 is 1.08 bits per heavy atom. The van der Waals surface area contributed by atoms with Gasteiger partial charge in [-0.05, 0) is 85.6 Å². The molecule has 6 rings (SSSR count). The molecule has 0 unspecified atom stereocenters. The summed E-state index contributed by atoms with van der Waals surface area (Å²) >= 11 is 1.64. The number of fused-ring (bicyclic) bond motifs is 1. The number of rotatable bonds is 7. The lowest BCUT2D eigenvalue weighted by Gasteiger charge is -2.33. The van der Waals surface area contributed by atoms with Crippen molar-refractivity contribution in [1.29, 1.82) is 0 Å². The van der Waals surface area contributed by atoms with E-state index in [1.165, 1.54) is 37.9 Å². The highest BCUT2D eigenvalue weighted by atomic mass is 32.1. The van der Waals surface area contributed by atoms with Crippen LogP contribution < -0.4 is 15.4 Å². The third-order valence-electron chi connectivity index (χ3n) is 8.07. The monoisotopic (exact) mass is 514 g/mol. The molecule has 0 atom stereocenters. The van der Waals surface area contributed by atoms with Gasteiger partial charge in [0.25, 0.3) is 5.91 Å². The molecule has 2 aliphatic rings. The average Bonchev–Trinajstić information content (AvgIpc) is 3.62. The van der Waals surface area contributed by atoms with Crippen molar-refractivity contribution < 1.29 is 9.53 Å². The Morgan fingerprint density at radius 2 is 1.89 bits per heavy atom. The summed E-state index contributed by atoms with van der Waals surface area (Å²) in [6.45, 7) is 6.13. The highest BCUT2D eigenvalue weighted by molar-refractivity contribution is 7.17. The van der Waals surface area contributed by atoms with Crippen LogP contribution in [0.4, 0.5) is 5.69 Å². The van der Waals surface area contributed by atoms with Crippen LogP contribution in [0.3, 0.4) is 0 Å². The van der Waals surface area contributed by atoms with Gasteiger partial charge in [-0.3, -0.25) is 9.69 Å². The van der Waals surface area contributed by atoms with E-state index in [-0.39, 0.29) is 5.91 Å². The van der Waals surface area contributed by atoms with E-state index in [1.54, 1.807) is 11.3 Å². The lowest BCUT2D eigenvalue weighted by Crippen LogP contribution is -2.38. The van der Waals surface area contributed by atoms with E-state index in [2.05, 4.69) is 39.8 Å². The first-order chi connectivity index (χ1) is 18.1. The molecule has 192 valence electrons. The topological polar surface area (TPSA) is 58.5 Å². The first-order valence-corrected chi connectivity index (χ1v) is 14.0. The van der Waals surface area contributed by atoms with Crippen molar-refractivity contribution in [2.75, 3.05) is 31.5 Å². The van der Waals surface area contributed by atoms with Gasteiger partial charge < -0.3 is 19.9 Å². The van der Waals surface area contributed by atoms with Crippen molar-refractivity contribution in [3.63, 3.8) is 0 Å². The number of aromatic nitrogens is 1. The van der Waals surface area contributed by atoms with Crippen LogP contribution in [0.15, 0.2) is 66.0 Å². The van der Waals surface area contributed by atoms with Crippen molar-refractivity contribution in [3.8, 4) is 5.75 Å². The van der Waals surface area contributed by atoms with E-state index in [4.69, 9.17) is 4.74 Å². The highest BCUT2D eigenvalue weighted by Gasteiger charge is 2.38. The number of aryl methyl sites for hydroxylation is 1. The number of piperidine rings is 1. The molecule has 0 bridgehead atoms. The number of thiophene rings is 1. The molecule has 2 N–H and O–H groups in total. The van der Waals surface area contributed by atoms with E-state index in [9.17, 15) is 4.79 Å². The highest BCUT2D eigenvalue weighted by Crippen LogP contribution is 2.39. The number of carbonyl (C=O) groups is 1. The van der Waals surface area contributed by atoms with Crippen LogP contribution in [0.5, 0.6) is 5.75 Å². The van der Waals surface area contributed by atoms with Gasteiger partial charge in [-0.2, -0.15) is 0 Å². The summed E-state index contributed by atoms with van der Waals surface area (Å²) in [6.07, 6.45) is 3.94. The zero-order valence-electron chi connectivity index (χ0n) is 21.3. The molecule has 4 aromatic rings. The maximum atomic E-state index is 13.0. The van der Waals surface area contributed by atoms with Crippen LogP contribution in [-0.2, 0) is 20.2 Å². The number of ether oxygens (including phenoxy) is 1. The van der Waals surface area contributed by atoms with Gasteiger partial charge in [-0.1, -0.05) is 30.3 Å². The zero-order chi connectivity index (χ0) is 25.2. The van der Waals surface area contributed by atoms with Gasteiger partial charge in [-0.25, -0.2) is 0 Å². The first kappa shape index (κ1) is 24.2. The van der Waals surface area contributed by atoms with E-state index in [1.807, 2.05) is 53.4 Å². The quantitative estimate of drug-likeness (QED) is 0.335. The van der Waals surface area contributed by atoms with Gasteiger partial charge in [0, 0.05) is 31.4 Å². The first-order valence-electron chi connectivity index (χ1n) is 13.2. The zero-order valence-corrected chi connectivity index (χ0v) is 22.2. The molecule has 1 amide bonds. The van der Waals surface area contributed by atoms with Crippen LogP contribution in [0, 0.1) is 5.41 Å². The van der Waals surface area contributed by atoms with Crippen LogP contribution >= 0.6 is 11.3 Å². The SMILES string of the molecule is Cn1c(C(=O)Nc2ccccc2COc2ccc(CN3CCC4(CCNCC4)C3)cc2)cc2sccc21. The summed E-state index contributed by atoms with van der Waals surface area (Å²) in [5, 5.41) is 8.63. The number of para-hydroxylation sites is 1. The molecule has 2 aliphatic heterocycles. The number of likely N-dealkylation sites (tertiary alicyclic amines) is 1. The third kappa shape index (κ3) is 5.17. The minimum atomic E-state index is -0.115. The summed E-state index contributed by atoms with van der Waals surface area (Å²) in [6, 6.07) is 20.3. The average molecular weight is 515 g/mol. The van der Waals surface area contributed by atoms with Gasteiger partial charge in [0.15, 0.2) is 0 Å². The van der Waals surface area contributed by atoms with Crippen LogP contribution in [0.1, 0.15) is 40.9 Å². The molecule has 7 heteroatoms. The van der Waals surface area contributed by atoms with Gasteiger partial charge in [0.2, 0.25) is 0 Å². The molecule has 2 aromatic heterocycles. The largest absolute Gasteiger partial charge is 0.489 e. The molecule has 4 heterocycles. The fourth-order valence-corrected chi connectivity index (χ4v) is 6.71.